The first-order valence-electron chi connectivity index (χ1n) is 11.7. The predicted molar refractivity (Wildman–Crippen MR) is 130 cm³/mol. The van der Waals surface area contributed by atoms with E-state index in [1.165, 1.54) is 22.4 Å². The molecule has 0 unspecified atom stereocenters. The van der Waals surface area contributed by atoms with E-state index in [4.69, 9.17) is 0 Å². The SMILES string of the molecule is O=C1CSc2ccc(CNC3CCN(C[C@]4(O)Cn5c(=O)ccc6ncc(F)c4c65)CC3)nc2N1. The zero-order valence-electron chi connectivity index (χ0n) is 19.0. The summed E-state index contributed by atoms with van der Waals surface area (Å²) >= 11 is 1.49. The highest BCUT2D eigenvalue weighted by Gasteiger charge is 2.43. The largest absolute Gasteiger partial charge is 0.382 e. The van der Waals surface area contributed by atoms with Gasteiger partial charge in [-0.05, 0) is 44.1 Å². The van der Waals surface area contributed by atoms with E-state index < -0.39 is 11.4 Å². The van der Waals surface area contributed by atoms with Crippen LogP contribution in [0.1, 0.15) is 24.1 Å². The minimum atomic E-state index is -1.48. The van der Waals surface area contributed by atoms with Crippen molar-refractivity contribution in [1.82, 2.24) is 24.8 Å². The molecule has 3 aliphatic rings. The minimum absolute atomic E-state index is 0.0259. The van der Waals surface area contributed by atoms with Crippen LogP contribution in [0.2, 0.25) is 0 Å². The molecule has 0 spiro atoms. The smallest absolute Gasteiger partial charge is 0.251 e. The van der Waals surface area contributed by atoms with E-state index in [9.17, 15) is 19.1 Å². The van der Waals surface area contributed by atoms with Gasteiger partial charge in [0, 0.05) is 25.2 Å². The van der Waals surface area contributed by atoms with E-state index in [0.717, 1.165) is 42.7 Å². The van der Waals surface area contributed by atoms with Gasteiger partial charge in [-0.1, -0.05) is 0 Å². The minimum Gasteiger partial charge on any atom is -0.382 e. The van der Waals surface area contributed by atoms with Crippen molar-refractivity contribution in [2.24, 2.45) is 0 Å². The summed E-state index contributed by atoms with van der Waals surface area (Å²) in [4.78, 5) is 35.8. The molecule has 1 saturated heterocycles. The fourth-order valence-electron chi connectivity index (χ4n) is 5.32. The normalized spacial score (nSPS) is 22.4. The number of aromatic nitrogens is 3. The highest BCUT2D eigenvalue weighted by atomic mass is 32.2. The molecule has 3 N–H and O–H groups in total. The Morgan fingerprint density at radius 1 is 1.23 bits per heavy atom. The van der Waals surface area contributed by atoms with Crippen LogP contribution in [0.5, 0.6) is 0 Å². The third kappa shape index (κ3) is 4.12. The summed E-state index contributed by atoms with van der Waals surface area (Å²) in [5, 5.41) is 17.9. The number of pyridine rings is 3. The first-order chi connectivity index (χ1) is 16.9. The maximum absolute atomic E-state index is 14.8. The van der Waals surface area contributed by atoms with Gasteiger partial charge < -0.3 is 20.3 Å². The number of fused-ring (bicyclic) bond motifs is 1. The van der Waals surface area contributed by atoms with Gasteiger partial charge in [0.15, 0.2) is 0 Å². The lowest BCUT2D eigenvalue weighted by Crippen LogP contribution is -2.48. The second kappa shape index (κ2) is 8.66. The van der Waals surface area contributed by atoms with Crippen LogP contribution in [0.25, 0.3) is 11.0 Å². The first kappa shape index (κ1) is 22.6. The van der Waals surface area contributed by atoms with Gasteiger partial charge in [-0.3, -0.25) is 19.5 Å². The number of β-amino-alcohol motifs (C(OH)–C–C–N with tert-alkyl or cyclic N) is 1. The molecule has 0 aliphatic carbocycles. The van der Waals surface area contributed by atoms with E-state index in [2.05, 4.69) is 25.5 Å². The van der Waals surface area contributed by atoms with E-state index >= 15 is 0 Å². The Kier molecular flexibility index (Phi) is 5.59. The van der Waals surface area contributed by atoms with Gasteiger partial charge in [-0.25, -0.2) is 9.37 Å². The van der Waals surface area contributed by atoms with E-state index in [0.29, 0.717) is 29.1 Å². The molecular formula is C24H25FN6O3S. The molecule has 0 aromatic carbocycles. The summed E-state index contributed by atoms with van der Waals surface area (Å²) < 4.78 is 16.2. The number of likely N-dealkylation sites (tertiary alicyclic amines) is 1. The summed E-state index contributed by atoms with van der Waals surface area (Å²) in [6, 6.07) is 7.24. The molecule has 1 fully saturated rings. The van der Waals surface area contributed by atoms with Gasteiger partial charge >= 0.3 is 0 Å². The average Bonchev–Trinajstić information content (AvgIpc) is 3.17. The van der Waals surface area contributed by atoms with Crippen molar-refractivity contribution in [2.45, 2.75) is 42.5 Å². The third-order valence-electron chi connectivity index (χ3n) is 7.02. The number of hydrogen-bond donors (Lipinski definition) is 3. The van der Waals surface area contributed by atoms with Crippen molar-refractivity contribution in [3.63, 3.8) is 0 Å². The number of anilines is 1. The molecule has 9 nitrogen and oxygen atoms in total. The summed E-state index contributed by atoms with van der Waals surface area (Å²) in [6.45, 7) is 2.36. The predicted octanol–water partition coefficient (Wildman–Crippen LogP) is 1.43. The number of nitrogens with one attached hydrogen (secondary N) is 2. The van der Waals surface area contributed by atoms with E-state index in [1.54, 1.807) is 6.07 Å². The Morgan fingerprint density at radius 3 is 2.89 bits per heavy atom. The number of nitrogens with zero attached hydrogens (tertiary/aromatic N) is 4. The van der Waals surface area contributed by atoms with Crippen LogP contribution in [-0.4, -0.2) is 61.9 Å². The molecule has 3 aliphatic heterocycles. The van der Waals surface area contributed by atoms with Crippen LogP contribution in [0.15, 0.2) is 40.2 Å². The second-order valence-electron chi connectivity index (χ2n) is 9.42. The van der Waals surface area contributed by atoms with Crippen molar-refractivity contribution < 1.29 is 14.3 Å². The van der Waals surface area contributed by atoms with Gasteiger partial charge in [0.05, 0.1) is 45.7 Å². The molecule has 6 rings (SSSR count). The number of hydrogen-bond acceptors (Lipinski definition) is 8. The molecule has 3 aromatic rings. The van der Waals surface area contributed by atoms with Gasteiger partial charge in [0.1, 0.15) is 17.2 Å². The van der Waals surface area contributed by atoms with Gasteiger partial charge in [-0.2, -0.15) is 0 Å². The van der Waals surface area contributed by atoms with Crippen LogP contribution in [0, 0.1) is 5.82 Å². The quantitative estimate of drug-likeness (QED) is 0.487. The topological polar surface area (TPSA) is 112 Å². The lowest BCUT2D eigenvalue weighted by molar-refractivity contribution is -0.113. The molecule has 0 saturated carbocycles. The highest BCUT2D eigenvalue weighted by Crippen LogP contribution is 2.38. The molecule has 1 amide bonds. The standard InChI is InChI=1S/C24H25FN6O3S/c25-16-10-27-17-2-4-20(33)31-13-24(34,21(16)22(17)31)12-30-7-5-14(6-8-30)26-9-15-1-3-18-23(28-15)29-19(32)11-35-18/h1-4,10,14,26,34H,5-9,11-13H2,(H,28,29,32)/t24-/m0/s1. The zero-order chi connectivity index (χ0) is 24.2. The van der Waals surface area contributed by atoms with Crippen molar-refractivity contribution >= 4 is 34.5 Å². The van der Waals surface area contributed by atoms with Crippen LogP contribution < -0.4 is 16.2 Å². The maximum Gasteiger partial charge on any atom is 0.251 e. The third-order valence-corrected chi connectivity index (χ3v) is 8.06. The van der Waals surface area contributed by atoms with Crippen molar-refractivity contribution in [2.75, 3.05) is 30.7 Å². The van der Waals surface area contributed by atoms with Crippen LogP contribution in [0.4, 0.5) is 10.2 Å². The number of halogens is 1. The summed E-state index contributed by atoms with van der Waals surface area (Å²) in [7, 11) is 0. The number of aliphatic hydroxyl groups is 1. The molecule has 11 heteroatoms. The fourth-order valence-corrected chi connectivity index (χ4v) is 6.08. The molecule has 0 bridgehead atoms. The van der Waals surface area contributed by atoms with Gasteiger partial charge in [0.25, 0.3) is 5.56 Å². The molecule has 35 heavy (non-hydrogen) atoms. The summed E-state index contributed by atoms with van der Waals surface area (Å²) in [5.41, 5.74) is 0.199. The average molecular weight is 497 g/mol. The Bertz CT molecular complexity index is 1390. The Balaban J connectivity index is 1.09. The van der Waals surface area contributed by atoms with Crippen LogP contribution in [0.3, 0.4) is 0 Å². The Hall–Kier alpha value is -2.86. The summed E-state index contributed by atoms with van der Waals surface area (Å²) in [5.74, 6) is 0.432. The number of amides is 1. The monoisotopic (exact) mass is 496 g/mol. The number of piperidine rings is 1. The first-order valence-corrected chi connectivity index (χ1v) is 12.7. The highest BCUT2D eigenvalue weighted by molar-refractivity contribution is 8.00. The zero-order valence-corrected chi connectivity index (χ0v) is 19.8. The second-order valence-corrected chi connectivity index (χ2v) is 10.4. The molecule has 182 valence electrons. The van der Waals surface area contributed by atoms with Crippen molar-refractivity contribution in [3.8, 4) is 0 Å². The molecular weight excluding hydrogens is 471 g/mol. The Labute approximate surface area is 204 Å². The number of carbonyl (C=O) groups excluding carboxylic acids is 1. The van der Waals surface area contributed by atoms with Crippen molar-refractivity contribution in [3.05, 3.63) is 57.9 Å². The summed E-state index contributed by atoms with van der Waals surface area (Å²) in [6.07, 6.45) is 2.86. The Morgan fingerprint density at radius 2 is 2.06 bits per heavy atom. The lowest BCUT2D eigenvalue weighted by Gasteiger charge is -2.37. The molecule has 0 radical (unpaired) electrons. The fraction of sp³-hybridized carbons (Fsp3) is 0.417. The van der Waals surface area contributed by atoms with E-state index in [-0.39, 0.29) is 36.2 Å². The molecule has 6 heterocycles. The maximum atomic E-state index is 14.8. The number of rotatable bonds is 5. The molecule has 3 aromatic heterocycles. The van der Waals surface area contributed by atoms with E-state index in [1.807, 2.05) is 12.1 Å². The number of carbonyl (C=O) groups is 1. The van der Waals surface area contributed by atoms with Crippen LogP contribution >= 0.6 is 11.8 Å². The van der Waals surface area contributed by atoms with Gasteiger partial charge in [-0.15, -0.1) is 11.8 Å². The lowest BCUT2D eigenvalue weighted by atomic mass is 9.93. The molecule has 1 atom stereocenters. The van der Waals surface area contributed by atoms with Gasteiger partial charge in [0.2, 0.25) is 5.91 Å². The van der Waals surface area contributed by atoms with Crippen LogP contribution in [-0.2, 0) is 23.5 Å². The van der Waals surface area contributed by atoms with Crippen molar-refractivity contribution in [1.29, 1.82) is 0 Å². The number of thioether (sulfide) groups is 1.